The van der Waals surface area contributed by atoms with Crippen LogP contribution in [0, 0.1) is 0 Å². The predicted molar refractivity (Wildman–Crippen MR) is 101 cm³/mol. The van der Waals surface area contributed by atoms with Crippen LogP contribution in [-0.2, 0) is 11.2 Å². The van der Waals surface area contributed by atoms with E-state index >= 15 is 0 Å². The highest BCUT2D eigenvalue weighted by Crippen LogP contribution is 2.41. The SMILES string of the molecule is COc1cccc2cc(O)c3c(c12)C(=O)N(c1ccc(CC(=O)O)cc1)C3=O. The minimum Gasteiger partial charge on any atom is -0.507 e. The van der Waals surface area contributed by atoms with Crippen molar-refractivity contribution in [3.8, 4) is 11.5 Å². The van der Waals surface area contributed by atoms with E-state index < -0.39 is 17.8 Å². The van der Waals surface area contributed by atoms with Gasteiger partial charge in [0.1, 0.15) is 11.5 Å². The maximum absolute atomic E-state index is 13.1. The van der Waals surface area contributed by atoms with Crippen LogP contribution in [0.3, 0.4) is 0 Å². The Morgan fingerprint density at radius 1 is 1.04 bits per heavy atom. The molecule has 0 aliphatic carbocycles. The van der Waals surface area contributed by atoms with Crippen molar-refractivity contribution in [3.63, 3.8) is 0 Å². The fraction of sp³-hybridized carbons (Fsp3) is 0.0952. The Morgan fingerprint density at radius 2 is 1.71 bits per heavy atom. The van der Waals surface area contributed by atoms with E-state index in [0.29, 0.717) is 27.8 Å². The summed E-state index contributed by atoms with van der Waals surface area (Å²) in [5, 5.41) is 20.3. The minimum absolute atomic E-state index is 0.0726. The second-order valence-corrected chi connectivity index (χ2v) is 6.39. The van der Waals surface area contributed by atoms with Crippen LogP contribution >= 0.6 is 0 Å². The summed E-state index contributed by atoms with van der Waals surface area (Å²) in [6.45, 7) is 0. The molecule has 0 saturated heterocycles. The average Bonchev–Trinajstić information content (AvgIpc) is 2.93. The molecule has 0 unspecified atom stereocenters. The van der Waals surface area contributed by atoms with E-state index in [1.165, 1.54) is 25.3 Å². The maximum atomic E-state index is 13.1. The van der Waals surface area contributed by atoms with Gasteiger partial charge < -0.3 is 14.9 Å². The molecular formula is C21H15NO6. The van der Waals surface area contributed by atoms with E-state index in [1.54, 1.807) is 30.3 Å². The highest BCUT2D eigenvalue weighted by molar-refractivity contribution is 6.39. The van der Waals surface area contributed by atoms with Crippen LogP contribution in [0.25, 0.3) is 10.8 Å². The third-order valence-corrected chi connectivity index (χ3v) is 4.71. The number of carboxylic acid groups (broad SMARTS) is 1. The topological polar surface area (TPSA) is 104 Å². The van der Waals surface area contributed by atoms with Crippen LogP contribution in [0.5, 0.6) is 11.5 Å². The number of methoxy groups -OCH3 is 1. The van der Waals surface area contributed by atoms with E-state index in [1.807, 2.05) is 0 Å². The number of fused-ring (bicyclic) bond motifs is 3. The fourth-order valence-corrected chi connectivity index (χ4v) is 3.50. The average molecular weight is 377 g/mol. The van der Waals surface area contributed by atoms with Crippen LogP contribution in [-0.4, -0.2) is 35.1 Å². The number of ether oxygens (including phenoxy) is 1. The Balaban J connectivity index is 1.86. The second-order valence-electron chi connectivity index (χ2n) is 6.39. The molecule has 7 nitrogen and oxygen atoms in total. The summed E-state index contributed by atoms with van der Waals surface area (Å²) >= 11 is 0. The number of aromatic hydroxyl groups is 1. The Morgan fingerprint density at radius 3 is 2.36 bits per heavy atom. The normalized spacial score (nSPS) is 13.1. The Labute approximate surface area is 159 Å². The van der Waals surface area contributed by atoms with Gasteiger partial charge in [0.25, 0.3) is 11.8 Å². The van der Waals surface area contributed by atoms with Crippen LogP contribution < -0.4 is 9.64 Å². The lowest BCUT2D eigenvalue weighted by Crippen LogP contribution is -2.29. The first kappa shape index (κ1) is 17.5. The molecule has 0 spiro atoms. The molecule has 0 bridgehead atoms. The molecule has 4 rings (SSSR count). The first-order valence-corrected chi connectivity index (χ1v) is 8.44. The number of nitrogens with zero attached hydrogens (tertiary/aromatic N) is 1. The van der Waals surface area contributed by atoms with Crippen LogP contribution in [0.2, 0.25) is 0 Å². The highest BCUT2D eigenvalue weighted by Gasteiger charge is 2.41. The van der Waals surface area contributed by atoms with Crippen LogP contribution in [0.1, 0.15) is 26.3 Å². The molecule has 3 aromatic carbocycles. The van der Waals surface area contributed by atoms with E-state index in [0.717, 1.165) is 4.90 Å². The number of carbonyl (C=O) groups is 3. The molecule has 1 heterocycles. The van der Waals surface area contributed by atoms with Crippen molar-refractivity contribution < 1.29 is 29.3 Å². The molecule has 0 fully saturated rings. The molecule has 1 aliphatic heterocycles. The summed E-state index contributed by atoms with van der Waals surface area (Å²) in [6, 6.07) is 12.7. The van der Waals surface area contributed by atoms with Gasteiger partial charge in [-0.05, 0) is 35.2 Å². The number of anilines is 1. The van der Waals surface area contributed by atoms with Gasteiger partial charge in [-0.25, -0.2) is 4.90 Å². The van der Waals surface area contributed by atoms with Crippen molar-refractivity contribution in [2.24, 2.45) is 0 Å². The molecule has 140 valence electrons. The summed E-state index contributed by atoms with van der Waals surface area (Å²) < 4.78 is 5.35. The third-order valence-electron chi connectivity index (χ3n) is 4.71. The number of amides is 2. The van der Waals surface area contributed by atoms with Crippen molar-refractivity contribution >= 4 is 34.2 Å². The maximum Gasteiger partial charge on any atom is 0.307 e. The minimum atomic E-state index is -0.975. The van der Waals surface area contributed by atoms with Gasteiger partial charge in [0.05, 0.1) is 30.3 Å². The predicted octanol–water partition coefficient (Wildman–Crippen LogP) is 2.98. The van der Waals surface area contributed by atoms with Gasteiger partial charge in [0.2, 0.25) is 0 Å². The molecule has 1 aliphatic rings. The van der Waals surface area contributed by atoms with Crippen LogP contribution in [0.15, 0.2) is 48.5 Å². The number of carbonyl (C=O) groups excluding carboxylic acids is 2. The molecule has 3 aromatic rings. The number of aliphatic carboxylic acids is 1. The van der Waals surface area contributed by atoms with E-state index in [-0.39, 0.29) is 23.3 Å². The lowest BCUT2D eigenvalue weighted by molar-refractivity contribution is -0.136. The molecule has 28 heavy (non-hydrogen) atoms. The van der Waals surface area contributed by atoms with Crippen molar-refractivity contribution in [1.29, 1.82) is 0 Å². The number of benzene rings is 3. The van der Waals surface area contributed by atoms with E-state index in [9.17, 15) is 19.5 Å². The zero-order valence-corrected chi connectivity index (χ0v) is 14.8. The van der Waals surface area contributed by atoms with Gasteiger partial charge >= 0.3 is 5.97 Å². The van der Waals surface area contributed by atoms with E-state index in [4.69, 9.17) is 9.84 Å². The lowest BCUT2D eigenvalue weighted by Gasteiger charge is -2.14. The van der Waals surface area contributed by atoms with Crippen molar-refractivity contribution in [2.75, 3.05) is 12.0 Å². The zero-order valence-electron chi connectivity index (χ0n) is 14.8. The summed E-state index contributed by atoms with van der Waals surface area (Å²) in [7, 11) is 1.47. The number of carboxylic acids is 1. The Kier molecular flexibility index (Phi) is 4.00. The molecule has 0 atom stereocenters. The number of phenolic OH excluding ortho intramolecular Hbond substituents is 1. The molecule has 2 N–H and O–H groups in total. The summed E-state index contributed by atoms with van der Waals surface area (Å²) in [4.78, 5) is 37.9. The van der Waals surface area contributed by atoms with Gasteiger partial charge in [0, 0.05) is 5.39 Å². The van der Waals surface area contributed by atoms with Crippen molar-refractivity contribution in [3.05, 3.63) is 65.2 Å². The summed E-state index contributed by atoms with van der Waals surface area (Å²) in [5.41, 5.74) is 0.856. The molecular weight excluding hydrogens is 362 g/mol. The summed E-state index contributed by atoms with van der Waals surface area (Å²) in [6.07, 6.45) is -0.162. The number of hydrogen-bond donors (Lipinski definition) is 2. The van der Waals surface area contributed by atoms with Crippen molar-refractivity contribution in [2.45, 2.75) is 6.42 Å². The quantitative estimate of drug-likeness (QED) is 0.678. The molecule has 0 aromatic heterocycles. The third kappa shape index (κ3) is 2.56. The standard InChI is InChI=1S/C21H15NO6/c1-28-15-4-2-3-12-10-14(23)18-19(17(12)15)21(27)22(20(18)26)13-7-5-11(6-8-13)9-16(24)25/h2-8,10,23H,9H2,1H3,(H,24,25). The Hall–Kier alpha value is -3.87. The molecule has 0 radical (unpaired) electrons. The molecule has 0 saturated carbocycles. The van der Waals surface area contributed by atoms with Gasteiger partial charge in [0.15, 0.2) is 0 Å². The number of rotatable bonds is 4. The van der Waals surface area contributed by atoms with Crippen molar-refractivity contribution in [1.82, 2.24) is 0 Å². The second kappa shape index (κ2) is 6.38. The largest absolute Gasteiger partial charge is 0.507 e. The van der Waals surface area contributed by atoms with Gasteiger partial charge in [-0.2, -0.15) is 0 Å². The van der Waals surface area contributed by atoms with Gasteiger partial charge in [-0.3, -0.25) is 14.4 Å². The number of phenols is 1. The zero-order chi connectivity index (χ0) is 20.0. The lowest BCUT2D eigenvalue weighted by atomic mass is 9.98. The van der Waals surface area contributed by atoms with E-state index in [2.05, 4.69) is 0 Å². The fourth-order valence-electron chi connectivity index (χ4n) is 3.50. The number of hydrogen-bond acceptors (Lipinski definition) is 5. The summed E-state index contributed by atoms with van der Waals surface area (Å²) in [5.74, 6) is -2.04. The van der Waals surface area contributed by atoms with Crippen LogP contribution in [0.4, 0.5) is 5.69 Å². The number of imide groups is 1. The smallest absolute Gasteiger partial charge is 0.307 e. The first-order valence-electron chi connectivity index (χ1n) is 8.44. The molecule has 7 heteroatoms. The first-order chi connectivity index (χ1) is 13.4. The highest BCUT2D eigenvalue weighted by atomic mass is 16.5. The monoisotopic (exact) mass is 377 g/mol. The Bertz CT molecular complexity index is 1150. The molecule has 2 amide bonds. The van der Waals surface area contributed by atoms with Gasteiger partial charge in [-0.15, -0.1) is 0 Å². The van der Waals surface area contributed by atoms with Gasteiger partial charge in [-0.1, -0.05) is 24.3 Å².